The highest BCUT2D eigenvalue weighted by molar-refractivity contribution is 6.03. The lowest BCUT2D eigenvalue weighted by Gasteiger charge is -2.16. The van der Waals surface area contributed by atoms with Crippen molar-refractivity contribution in [2.45, 2.75) is 40.4 Å². The van der Waals surface area contributed by atoms with Gasteiger partial charge in [0.25, 0.3) is 5.91 Å². The molecule has 0 heterocycles. The Bertz CT molecular complexity index is 591. The standard InChI is InChI=1S/C17H23NO4/c1-10(2)16(21)7-12-5-13(8-19)14(9-20)6-15(12)18-17(22)11(3)4/h5-6,10,19-20H,3,7-9H2,1-2,4H3,(H,18,22). The molecule has 1 amide bonds. The van der Waals surface area contributed by atoms with Crippen molar-refractivity contribution in [2.24, 2.45) is 5.92 Å². The Morgan fingerprint density at radius 1 is 1.14 bits per heavy atom. The summed E-state index contributed by atoms with van der Waals surface area (Å²) in [4.78, 5) is 23.8. The van der Waals surface area contributed by atoms with Crippen molar-refractivity contribution in [3.63, 3.8) is 0 Å². The van der Waals surface area contributed by atoms with Gasteiger partial charge in [-0.2, -0.15) is 0 Å². The van der Waals surface area contributed by atoms with Crippen molar-refractivity contribution >= 4 is 17.4 Å². The molecule has 1 aromatic carbocycles. The van der Waals surface area contributed by atoms with E-state index in [0.29, 0.717) is 28.0 Å². The SMILES string of the molecule is C=C(C)C(=O)Nc1cc(CO)c(CO)cc1CC(=O)C(C)C. The van der Waals surface area contributed by atoms with Crippen molar-refractivity contribution in [1.29, 1.82) is 0 Å². The molecular weight excluding hydrogens is 282 g/mol. The molecule has 0 unspecified atom stereocenters. The van der Waals surface area contributed by atoms with E-state index >= 15 is 0 Å². The molecular formula is C17H23NO4. The van der Waals surface area contributed by atoms with Crippen molar-refractivity contribution < 1.29 is 19.8 Å². The minimum atomic E-state index is -0.348. The number of hydrogen-bond donors (Lipinski definition) is 3. The van der Waals surface area contributed by atoms with Crippen LogP contribution in [0.15, 0.2) is 24.3 Å². The molecule has 1 aromatic rings. The zero-order chi connectivity index (χ0) is 16.9. The first-order valence-corrected chi connectivity index (χ1v) is 7.16. The lowest BCUT2D eigenvalue weighted by Crippen LogP contribution is -2.17. The molecule has 0 radical (unpaired) electrons. The van der Waals surface area contributed by atoms with Gasteiger partial charge in [-0.1, -0.05) is 26.5 Å². The van der Waals surface area contributed by atoms with Gasteiger partial charge in [-0.3, -0.25) is 9.59 Å². The van der Waals surface area contributed by atoms with Crippen LogP contribution in [0, 0.1) is 5.92 Å². The fraction of sp³-hybridized carbons (Fsp3) is 0.412. The number of carbonyl (C=O) groups is 2. The molecule has 3 N–H and O–H groups in total. The number of benzene rings is 1. The van der Waals surface area contributed by atoms with Crippen LogP contribution in [0.3, 0.4) is 0 Å². The fourth-order valence-corrected chi connectivity index (χ4v) is 1.92. The zero-order valence-corrected chi connectivity index (χ0v) is 13.3. The van der Waals surface area contributed by atoms with Gasteiger partial charge in [0, 0.05) is 23.6 Å². The van der Waals surface area contributed by atoms with Gasteiger partial charge in [-0.15, -0.1) is 0 Å². The summed E-state index contributed by atoms with van der Waals surface area (Å²) in [6, 6.07) is 3.25. The van der Waals surface area contributed by atoms with Crippen molar-refractivity contribution in [1.82, 2.24) is 0 Å². The van der Waals surface area contributed by atoms with Crippen LogP contribution in [0.2, 0.25) is 0 Å². The van der Waals surface area contributed by atoms with Crippen LogP contribution in [0.5, 0.6) is 0 Å². The Hall–Kier alpha value is -1.98. The number of carbonyl (C=O) groups excluding carboxylic acids is 2. The van der Waals surface area contributed by atoms with Gasteiger partial charge >= 0.3 is 0 Å². The lowest BCUT2D eigenvalue weighted by molar-refractivity contribution is -0.121. The molecule has 0 aliphatic carbocycles. The third-order valence-electron chi connectivity index (χ3n) is 3.41. The topological polar surface area (TPSA) is 86.6 Å². The second-order valence-corrected chi connectivity index (χ2v) is 5.63. The summed E-state index contributed by atoms with van der Waals surface area (Å²) in [6.45, 7) is 8.28. The minimum Gasteiger partial charge on any atom is -0.392 e. The summed E-state index contributed by atoms with van der Waals surface area (Å²) >= 11 is 0. The molecule has 0 spiro atoms. The number of anilines is 1. The molecule has 5 heteroatoms. The predicted molar refractivity (Wildman–Crippen MR) is 85.3 cm³/mol. The van der Waals surface area contributed by atoms with E-state index in [4.69, 9.17) is 0 Å². The van der Waals surface area contributed by atoms with E-state index in [1.165, 1.54) is 0 Å². The number of aliphatic hydroxyl groups excluding tert-OH is 2. The maximum Gasteiger partial charge on any atom is 0.250 e. The summed E-state index contributed by atoms with van der Waals surface area (Å²) in [7, 11) is 0. The monoisotopic (exact) mass is 305 g/mol. The van der Waals surface area contributed by atoms with Crippen LogP contribution in [0.4, 0.5) is 5.69 Å². The van der Waals surface area contributed by atoms with Gasteiger partial charge in [0.1, 0.15) is 5.78 Å². The average molecular weight is 305 g/mol. The van der Waals surface area contributed by atoms with Gasteiger partial charge in [-0.05, 0) is 29.7 Å². The summed E-state index contributed by atoms with van der Waals surface area (Å²) in [5, 5.41) is 21.4. The number of amides is 1. The number of rotatable bonds is 7. The summed E-state index contributed by atoms with van der Waals surface area (Å²) < 4.78 is 0. The summed E-state index contributed by atoms with van der Waals surface area (Å²) in [5.74, 6) is -0.440. The van der Waals surface area contributed by atoms with E-state index in [0.717, 1.165) is 0 Å². The highest BCUT2D eigenvalue weighted by Crippen LogP contribution is 2.24. The van der Waals surface area contributed by atoms with Gasteiger partial charge in [0.2, 0.25) is 0 Å². The van der Waals surface area contributed by atoms with Gasteiger partial charge in [-0.25, -0.2) is 0 Å². The zero-order valence-electron chi connectivity index (χ0n) is 13.3. The third kappa shape index (κ3) is 4.51. The van der Waals surface area contributed by atoms with Gasteiger partial charge in [0.05, 0.1) is 13.2 Å². The van der Waals surface area contributed by atoms with E-state index in [1.54, 1.807) is 19.1 Å². The Morgan fingerprint density at radius 3 is 2.14 bits per heavy atom. The van der Waals surface area contributed by atoms with Crippen molar-refractivity contribution in [3.05, 3.63) is 41.0 Å². The maximum atomic E-state index is 12.0. The van der Waals surface area contributed by atoms with Crippen LogP contribution in [-0.4, -0.2) is 21.9 Å². The van der Waals surface area contributed by atoms with Crippen LogP contribution in [-0.2, 0) is 29.2 Å². The van der Waals surface area contributed by atoms with E-state index in [1.807, 2.05) is 13.8 Å². The molecule has 0 aliphatic rings. The Balaban J connectivity index is 3.27. The van der Waals surface area contributed by atoms with Crippen molar-refractivity contribution in [2.75, 3.05) is 5.32 Å². The molecule has 0 saturated carbocycles. The first-order chi connectivity index (χ1) is 10.3. The second kappa shape index (κ2) is 7.87. The molecule has 0 aliphatic heterocycles. The van der Waals surface area contributed by atoms with Gasteiger partial charge < -0.3 is 15.5 Å². The maximum absolute atomic E-state index is 12.0. The molecule has 0 aromatic heterocycles. The first kappa shape index (κ1) is 18.1. The molecule has 0 atom stereocenters. The Kier molecular flexibility index (Phi) is 6.46. The predicted octanol–water partition coefficient (Wildman–Crippen LogP) is 1.95. The van der Waals surface area contributed by atoms with Crippen molar-refractivity contribution in [3.8, 4) is 0 Å². The fourth-order valence-electron chi connectivity index (χ4n) is 1.92. The van der Waals surface area contributed by atoms with E-state index in [9.17, 15) is 19.8 Å². The van der Waals surface area contributed by atoms with E-state index in [2.05, 4.69) is 11.9 Å². The number of hydrogen-bond acceptors (Lipinski definition) is 4. The second-order valence-electron chi connectivity index (χ2n) is 5.63. The molecule has 0 saturated heterocycles. The number of nitrogens with one attached hydrogen (secondary N) is 1. The normalized spacial score (nSPS) is 10.6. The first-order valence-electron chi connectivity index (χ1n) is 7.16. The van der Waals surface area contributed by atoms with Crippen LogP contribution >= 0.6 is 0 Å². The molecule has 0 fully saturated rings. The Morgan fingerprint density at radius 2 is 1.68 bits per heavy atom. The molecule has 5 nitrogen and oxygen atoms in total. The van der Waals surface area contributed by atoms with Crippen LogP contribution in [0.25, 0.3) is 0 Å². The molecule has 1 rings (SSSR count). The largest absolute Gasteiger partial charge is 0.392 e. The quantitative estimate of drug-likeness (QED) is 0.672. The lowest BCUT2D eigenvalue weighted by atomic mass is 9.95. The van der Waals surface area contributed by atoms with Crippen LogP contribution in [0.1, 0.15) is 37.5 Å². The molecule has 22 heavy (non-hydrogen) atoms. The average Bonchev–Trinajstić information content (AvgIpc) is 2.47. The van der Waals surface area contributed by atoms with Gasteiger partial charge in [0.15, 0.2) is 0 Å². The highest BCUT2D eigenvalue weighted by Gasteiger charge is 2.16. The minimum absolute atomic E-state index is 0.0338. The number of ketones is 1. The number of Topliss-reactive ketones (excluding diaryl/α,β-unsaturated/α-hetero) is 1. The third-order valence-corrected chi connectivity index (χ3v) is 3.41. The molecule has 0 bridgehead atoms. The highest BCUT2D eigenvalue weighted by atomic mass is 16.3. The summed E-state index contributed by atoms with van der Waals surface area (Å²) in [5.41, 5.74) is 2.48. The van der Waals surface area contributed by atoms with E-state index in [-0.39, 0.29) is 37.2 Å². The summed E-state index contributed by atoms with van der Waals surface area (Å²) in [6.07, 6.45) is 0.155. The molecule has 120 valence electrons. The smallest absolute Gasteiger partial charge is 0.250 e. The Labute approximate surface area is 130 Å². The van der Waals surface area contributed by atoms with Crippen LogP contribution < -0.4 is 5.32 Å². The van der Waals surface area contributed by atoms with E-state index < -0.39 is 0 Å². The number of aliphatic hydroxyl groups is 2.